The highest BCUT2D eigenvalue weighted by molar-refractivity contribution is 9.10. The standard InChI is InChI=1S/C17H27BrN2O/c1-14-6-4-3-5-10-20(14)17-8-7-15(12-16(17)18)13-19-9-11-21-2/h7-8,12,14,19H,3-6,9-11,13H2,1-2H3. The molecular weight excluding hydrogens is 328 g/mol. The lowest BCUT2D eigenvalue weighted by Crippen LogP contribution is -2.32. The minimum atomic E-state index is 0.634. The number of rotatable bonds is 6. The van der Waals surface area contributed by atoms with Crippen molar-refractivity contribution in [2.24, 2.45) is 0 Å². The SMILES string of the molecule is COCCNCc1ccc(N2CCCCCC2C)c(Br)c1. The Balaban J connectivity index is 2.00. The van der Waals surface area contributed by atoms with E-state index in [2.05, 4.69) is 51.3 Å². The lowest BCUT2D eigenvalue weighted by atomic mass is 10.1. The van der Waals surface area contributed by atoms with Gasteiger partial charge in [0.1, 0.15) is 0 Å². The third-order valence-electron chi connectivity index (χ3n) is 4.19. The Kier molecular flexibility index (Phi) is 7.00. The summed E-state index contributed by atoms with van der Waals surface area (Å²) in [5, 5.41) is 3.39. The molecule has 1 fully saturated rings. The van der Waals surface area contributed by atoms with E-state index in [9.17, 15) is 0 Å². The van der Waals surface area contributed by atoms with E-state index in [1.54, 1.807) is 7.11 Å². The third-order valence-corrected chi connectivity index (χ3v) is 4.82. The van der Waals surface area contributed by atoms with Crippen LogP contribution in [-0.2, 0) is 11.3 Å². The molecule has 0 aliphatic carbocycles. The van der Waals surface area contributed by atoms with Gasteiger partial charge in [-0.05, 0) is 53.4 Å². The molecule has 1 aliphatic rings. The van der Waals surface area contributed by atoms with Gasteiger partial charge in [-0.1, -0.05) is 18.9 Å². The van der Waals surface area contributed by atoms with Crippen molar-refractivity contribution in [1.82, 2.24) is 5.32 Å². The van der Waals surface area contributed by atoms with Crippen LogP contribution >= 0.6 is 15.9 Å². The number of methoxy groups -OCH3 is 1. The topological polar surface area (TPSA) is 24.5 Å². The minimum absolute atomic E-state index is 0.634. The summed E-state index contributed by atoms with van der Waals surface area (Å²) in [5.41, 5.74) is 2.65. The van der Waals surface area contributed by atoms with Crippen molar-refractivity contribution in [1.29, 1.82) is 0 Å². The molecule has 118 valence electrons. The van der Waals surface area contributed by atoms with Crippen LogP contribution in [0.5, 0.6) is 0 Å². The summed E-state index contributed by atoms with van der Waals surface area (Å²) in [5.74, 6) is 0. The summed E-state index contributed by atoms with van der Waals surface area (Å²) in [6.07, 6.45) is 5.32. The zero-order chi connectivity index (χ0) is 15.1. The number of nitrogens with zero attached hydrogens (tertiary/aromatic N) is 1. The molecule has 1 N–H and O–H groups in total. The van der Waals surface area contributed by atoms with Crippen LogP contribution in [0, 0.1) is 0 Å². The van der Waals surface area contributed by atoms with Gasteiger partial charge in [0, 0.05) is 37.3 Å². The first-order chi connectivity index (χ1) is 10.2. The largest absolute Gasteiger partial charge is 0.383 e. The number of hydrogen-bond acceptors (Lipinski definition) is 3. The van der Waals surface area contributed by atoms with E-state index in [0.717, 1.165) is 19.7 Å². The number of halogens is 1. The van der Waals surface area contributed by atoms with Crippen LogP contribution in [0.4, 0.5) is 5.69 Å². The third kappa shape index (κ3) is 4.97. The molecule has 0 bridgehead atoms. The average Bonchev–Trinajstić information content (AvgIpc) is 2.69. The fraction of sp³-hybridized carbons (Fsp3) is 0.647. The first-order valence-corrected chi connectivity index (χ1v) is 8.76. The Morgan fingerprint density at radius 2 is 2.19 bits per heavy atom. The molecule has 21 heavy (non-hydrogen) atoms. The Hall–Kier alpha value is -0.580. The Labute approximate surface area is 137 Å². The van der Waals surface area contributed by atoms with E-state index in [4.69, 9.17) is 4.74 Å². The number of nitrogens with one attached hydrogen (secondary N) is 1. The Bertz CT molecular complexity index is 439. The van der Waals surface area contributed by atoms with Crippen LogP contribution in [0.15, 0.2) is 22.7 Å². The van der Waals surface area contributed by atoms with Gasteiger partial charge in [0.2, 0.25) is 0 Å². The van der Waals surface area contributed by atoms with E-state index in [0.29, 0.717) is 6.04 Å². The molecule has 4 heteroatoms. The van der Waals surface area contributed by atoms with E-state index < -0.39 is 0 Å². The molecule has 1 aromatic rings. The molecule has 2 rings (SSSR count). The zero-order valence-corrected chi connectivity index (χ0v) is 14.8. The summed E-state index contributed by atoms with van der Waals surface area (Å²) in [6.45, 7) is 6.05. The van der Waals surface area contributed by atoms with E-state index in [-0.39, 0.29) is 0 Å². The summed E-state index contributed by atoms with van der Waals surface area (Å²) < 4.78 is 6.26. The summed E-state index contributed by atoms with van der Waals surface area (Å²) in [6, 6.07) is 7.37. The predicted octanol–water partition coefficient (Wildman–Crippen LogP) is 3.95. The second-order valence-electron chi connectivity index (χ2n) is 5.85. The van der Waals surface area contributed by atoms with Crippen LogP contribution in [0.25, 0.3) is 0 Å². The van der Waals surface area contributed by atoms with Gasteiger partial charge in [-0.2, -0.15) is 0 Å². The highest BCUT2D eigenvalue weighted by atomic mass is 79.9. The molecular formula is C17H27BrN2O. The van der Waals surface area contributed by atoms with Gasteiger partial charge in [-0.15, -0.1) is 0 Å². The molecule has 1 aliphatic heterocycles. The second-order valence-corrected chi connectivity index (χ2v) is 6.70. The highest BCUT2D eigenvalue weighted by Crippen LogP contribution is 2.31. The van der Waals surface area contributed by atoms with Crippen LogP contribution in [0.2, 0.25) is 0 Å². The molecule has 1 aromatic carbocycles. The Morgan fingerprint density at radius 3 is 2.95 bits per heavy atom. The number of anilines is 1. The second kappa shape index (κ2) is 8.76. The van der Waals surface area contributed by atoms with Crippen molar-refractivity contribution in [3.8, 4) is 0 Å². The molecule has 1 saturated heterocycles. The van der Waals surface area contributed by atoms with E-state index in [1.165, 1.54) is 48.0 Å². The van der Waals surface area contributed by atoms with Gasteiger partial charge in [-0.3, -0.25) is 0 Å². The van der Waals surface area contributed by atoms with Gasteiger partial charge >= 0.3 is 0 Å². The molecule has 1 atom stereocenters. The minimum Gasteiger partial charge on any atom is -0.383 e. The fourth-order valence-corrected chi connectivity index (χ4v) is 3.59. The lowest BCUT2D eigenvalue weighted by Gasteiger charge is -2.30. The van der Waals surface area contributed by atoms with Gasteiger partial charge in [0.15, 0.2) is 0 Å². The van der Waals surface area contributed by atoms with Crippen LogP contribution in [-0.4, -0.2) is 32.8 Å². The highest BCUT2D eigenvalue weighted by Gasteiger charge is 2.19. The molecule has 3 nitrogen and oxygen atoms in total. The van der Waals surface area contributed by atoms with Crippen molar-refractivity contribution < 1.29 is 4.74 Å². The van der Waals surface area contributed by atoms with E-state index >= 15 is 0 Å². The van der Waals surface area contributed by atoms with Crippen LogP contribution in [0.1, 0.15) is 38.2 Å². The average molecular weight is 355 g/mol. The van der Waals surface area contributed by atoms with Crippen molar-refractivity contribution >= 4 is 21.6 Å². The number of hydrogen-bond donors (Lipinski definition) is 1. The van der Waals surface area contributed by atoms with Gasteiger partial charge < -0.3 is 15.0 Å². The van der Waals surface area contributed by atoms with Crippen molar-refractivity contribution in [2.45, 2.75) is 45.2 Å². The van der Waals surface area contributed by atoms with Gasteiger partial charge in [0.25, 0.3) is 0 Å². The maximum atomic E-state index is 5.05. The molecule has 0 aromatic heterocycles. The normalized spacial score (nSPS) is 19.6. The maximum Gasteiger partial charge on any atom is 0.0587 e. The summed E-state index contributed by atoms with van der Waals surface area (Å²) in [7, 11) is 1.73. The smallest absolute Gasteiger partial charge is 0.0587 e. The summed E-state index contributed by atoms with van der Waals surface area (Å²) >= 11 is 3.76. The van der Waals surface area contributed by atoms with Crippen LogP contribution < -0.4 is 10.2 Å². The van der Waals surface area contributed by atoms with Crippen molar-refractivity contribution in [2.75, 3.05) is 31.7 Å². The molecule has 0 amide bonds. The molecule has 1 heterocycles. The number of benzene rings is 1. The molecule has 0 radical (unpaired) electrons. The predicted molar refractivity (Wildman–Crippen MR) is 93.0 cm³/mol. The van der Waals surface area contributed by atoms with E-state index in [1.807, 2.05) is 0 Å². The fourth-order valence-electron chi connectivity index (χ4n) is 2.93. The van der Waals surface area contributed by atoms with Crippen molar-refractivity contribution in [3.63, 3.8) is 0 Å². The van der Waals surface area contributed by atoms with Gasteiger partial charge in [0.05, 0.1) is 12.3 Å². The molecule has 0 saturated carbocycles. The molecule has 1 unspecified atom stereocenters. The first kappa shape index (κ1) is 16.8. The first-order valence-electron chi connectivity index (χ1n) is 7.97. The lowest BCUT2D eigenvalue weighted by molar-refractivity contribution is 0.199. The van der Waals surface area contributed by atoms with Crippen molar-refractivity contribution in [3.05, 3.63) is 28.2 Å². The van der Waals surface area contributed by atoms with Crippen LogP contribution in [0.3, 0.4) is 0 Å². The number of ether oxygens (including phenoxy) is 1. The molecule has 0 spiro atoms. The maximum absolute atomic E-state index is 5.05. The Morgan fingerprint density at radius 1 is 1.33 bits per heavy atom. The summed E-state index contributed by atoms with van der Waals surface area (Å²) in [4.78, 5) is 2.55. The zero-order valence-electron chi connectivity index (χ0n) is 13.2. The quantitative estimate of drug-likeness (QED) is 0.782. The monoisotopic (exact) mass is 354 g/mol. The van der Waals surface area contributed by atoms with Gasteiger partial charge in [-0.25, -0.2) is 0 Å².